The quantitative estimate of drug-likeness (QED) is 0.736. The molecule has 1 aromatic carbocycles. The van der Waals surface area contributed by atoms with Crippen molar-refractivity contribution in [1.82, 2.24) is 4.98 Å². The molecule has 1 unspecified atom stereocenters. The van der Waals surface area contributed by atoms with Crippen LogP contribution >= 0.6 is 11.3 Å². The number of aliphatic hydroxyl groups is 1. The molecular formula is C14H10F3NOS. The van der Waals surface area contributed by atoms with Crippen molar-refractivity contribution in [1.29, 1.82) is 0 Å². The Labute approximate surface area is 116 Å². The van der Waals surface area contributed by atoms with Crippen LogP contribution < -0.4 is 0 Å². The van der Waals surface area contributed by atoms with E-state index in [0.29, 0.717) is 10.9 Å². The normalized spacial score (nSPS) is 15.4. The number of aromatic nitrogens is 1. The zero-order valence-corrected chi connectivity index (χ0v) is 10.9. The number of alkyl halides is 3. The van der Waals surface area contributed by atoms with Crippen LogP contribution in [0.1, 0.15) is 10.4 Å². The van der Waals surface area contributed by atoms with Gasteiger partial charge in [0, 0.05) is 27.5 Å². The largest absolute Gasteiger partial charge is 0.426 e. The summed E-state index contributed by atoms with van der Waals surface area (Å²) in [5.41, 5.74) is -2.62. The Balaban J connectivity index is 2.31. The third-order valence-electron chi connectivity index (χ3n) is 3.27. The number of benzene rings is 1. The van der Waals surface area contributed by atoms with E-state index in [0.717, 1.165) is 11.3 Å². The first-order valence-electron chi connectivity index (χ1n) is 5.84. The standard InChI is InChI=1S/C14H10F3NOS/c15-14(16,17)13(19,12-6-3-7-20-12)10-8-18-11-5-2-1-4-9(10)11/h1-8,18-19H. The molecule has 0 fully saturated rings. The number of halogens is 3. The number of H-pyrrole nitrogens is 1. The summed E-state index contributed by atoms with van der Waals surface area (Å²) in [6.07, 6.45) is -3.58. The topological polar surface area (TPSA) is 36.0 Å². The van der Waals surface area contributed by atoms with Gasteiger partial charge in [0.2, 0.25) is 5.60 Å². The van der Waals surface area contributed by atoms with Crippen LogP contribution in [-0.2, 0) is 5.60 Å². The van der Waals surface area contributed by atoms with E-state index in [1.807, 2.05) is 0 Å². The Hall–Kier alpha value is -1.79. The van der Waals surface area contributed by atoms with Crippen LogP contribution in [0.15, 0.2) is 48.0 Å². The molecule has 0 spiro atoms. The van der Waals surface area contributed by atoms with Crippen LogP contribution in [0.5, 0.6) is 0 Å². The summed E-state index contributed by atoms with van der Waals surface area (Å²) in [4.78, 5) is 2.63. The number of hydrogen-bond donors (Lipinski definition) is 2. The number of hydrogen-bond acceptors (Lipinski definition) is 2. The smallest absolute Gasteiger partial charge is 0.372 e. The second kappa shape index (κ2) is 4.36. The predicted molar refractivity (Wildman–Crippen MR) is 71.7 cm³/mol. The highest BCUT2D eigenvalue weighted by Crippen LogP contribution is 2.47. The number of fused-ring (bicyclic) bond motifs is 1. The van der Waals surface area contributed by atoms with Gasteiger partial charge in [-0.05, 0) is 17.5 Å². The van der Waals surface area contributed by atoms with Crippen molar-refractivity contribution in [2.45, 2.75) is 11.8 Å². The molecule has 2 N–H and O–H groups in total. The number of rotatable bonds is 2. The maximum Gasteiger partial charge on any atom is 0.426 e. The van der Waals surface area contributed by atoms with Gasteiger partial charge < -0.3 is 10.1 Å². The monoisotopic (exact) mass is 297 g/mol. The summed E-state index contributed by atoms with van der Waals surface area (Å²) in [6, 6.07) is 9.38. The molecule has 0 saturated heterocycles. The molecule has 2 nitrogen and oxygen atoms in total. The first-order valence-corrected chi connectivity index (χ1v) is 6.72. The lowest BCUT2D eigenvalue weighted by atomic mass is 9.91. The molecule has 3 rings (SSSR count). The molecule has 0 saturated carbocycles. The highest BCUT2D eigenvalue weighted by molar-refractivity contribution is 7.10. The first kappa shape index (κ1) is 13.2. The van der Waals surface area contributed by atoms with Gasteiger partial charge in [-0.15, -0.1) is 11.3 Å². The number of thiophene rings is 1. The molecule has 1 atom stereocenters. The van der Waals surface area contributed by atoms with Crippen LogP contribution in [0.2, 0.25) is 0 Å². The summed E-state index contributed by atoms with van der Waals surface area (Å²) in [6.45, 7) is 0. The summed E-state index contributed by atoms with van der Waals surface area (Å²) < 4.78 is 40.5. The zero-order chi connectivity index (χ0) is 14.4. The van der Waals surface area contributed by atoms with E-state index in [4.69, 9.17) is 0 Å². The fourth-order valence-electron chi connectivity index (χ4n) is 2.28. The molecule has 2 aromatic heterocycles. The van der Waals surface area contributed by atoms with Crippen molar-refractivity contribution in [2.75, 3.05) is 0 Å². The van der Waals surface area contributed by atoms with Crippen molar-refractivity contribution in [3.8, 4) is 0 Å². The molecule has 6 heteroatoms. The van der Waals surface area contributed by atoms with Gasteiger partial charge >= 0.3 is 6.18 Å². The second-order valence-corrected chi connectivity index (χ2v) is 5.38. The maximum absolute atomic E-state index is 13.5. The Kier molecular flexibility index (Phi) is 2.88. The van der Waals surface area contributed by atoms with Gasteiger partial charge in [0.15, 0.2) is 0 Å². The van der Waals surface area contributed by atoms with E-state index in [-0.39, 0.29) is 10.4 Å². The van der Waals surface area contributed by atoms with E-state index in [2.05, 4.69) is 4.98 Å². The number of aromatic amines is 1. The minimum atomic E-state index is -4.80. The summed E-state index contributed by atoms with van der Waals surface area (Å²) in [7, 11) is 0. The van der Waals surface area contributed by atoms with Gasteiger partial charge in [0.1, 0.15) is 0 Å². The summed E-state index contributed by atoms with van der Waals surface area (Å²) in [5, 5.41) is 12.3. The Morgan fingerprint density at radius 1 is 1.05 bits per heavy atom. The maximum atomic E-state index is 13.5. The van der Waals surface area contributed by atoms with E-state index in [1.165, 1.54) is 23.7 Å². The number of para-hydroxylation sites is 1. The lowest BCUT2D eigenvalue weighted by Gasteiger charge is -2.29. The molecule has 0 aliphatic carbocycles. The van der Waals surface area contributed by atoms with Gasteiger partial charge in [0.25, 0.3) is 0 Å². The van der Waals surface area contributed by atoms with Crippen molar-refractivity contribution >= 4 is 22.2 Å². The van der Waals surface area contributed by atoms with E-state index in [1.54, 1.807) is 24.3 Å². The molecule has 0 radical (unpaired) electrons. The van der Waals surface area contributed by atoms with Crippen LogP contribution in [0, 0.1) is 0 Å². The van der Waals surface area contributed by atoms with E-state index >= 15 is 0 Å². The first-order chi connectivity index (χ1) is 9.44. The minimum absolute atomic E-state index is 0.144. The van der Waals surface area contributed by atoms with Gasteiger partial charge in [-0.1, -0.05) is 24.3 Å². The van der Waals surface area contributed by atoms with Crippen LogP contribution in [-0.4, -0.2) is 16.3 Å². The second-order valence-electron chi connectivity index (χ2n) is 4.43. The van der Waals surface area contributed by atoms with Gasteiger partial charge in [-0.2, -0.15) is 13.2 Å². The Morgan fingerprint density at radius 2 is 1.80 bits per heavy atom. The third-order valence-corrected chi connectivity index (χ3v) is 4.25. The summed E-state index contributed by atoms with van der Waals surface area (Å²) in [5.74, 6) is 0. The molecule has 3 aromatic rings. The zero-order valence-electron chi connectivity index (χ0n) is 10.1. The Morgan fingerprint density at radius 3 is 2.45 bits per heavy atom. The minimum Gasteiger partial charge on any atom is -0.372 e. The molecular weight excluding hydrogens is 287 g/mol. The van der Waals surface area contributed by atoms with Gasteiger partial charge in [0.05, 0.1) is 0 Å². The van der Waals surface area contributed by atoms with Crippen molar-refractivity contribution < 1.29 is 18.3 Å². The van der Waals surface area contributed by atoms with Crippen molar-refractivity contribution in [2.24, 2.45) is 0 Å². The van der Waals surface area contributed by atoms with Gasteiger partial charge in [-0.25, -0.2) is 0 Å². The molecule has 104 valence electrons. The molecule has 0 amide bonds. The van der Waals surface area contributed by atoms with Crippen molar-refractivity contribution in [3.05, 3.63) is 58.4 Å². The van der Waals surface area contributed by atoms with E-state index in [9.17, 15) is 18.3 Å². The molecule has 2 heterocycles. The van der Waals surface area contributed by atoms with Crippen molar-refractivity contribution in [3.63, 3.8) is 0 Å². The summed E-state index contributed by atoms with van der Waals surface area (Å²) >= 11 is 0.880. The Bertz CT molecular complexity index is 732. The van der Waals surface area contributed by atoms with Crippen LogP contribution in [0.4, 0.5) is 13.2 Å². The highest BCUT2D eigenvalue weighted by Gasteiger charge is 2.57. The van der Waals surface area contributed by atoms with Crippen LogP contribution in [0.3, 0.4) is 0 Å². The number of nitrogens with one attached hydrogen (secondary N) is 1. The third kappa shape index (κ3) is 1.76. The van der Waals surface area contributed by atoms with Crippen LogP contribution in [0.25, 0.3) is 10.9 Å². The lowest BCUT2D eigenvalue weighted by molar-refractivity contribution is -0.246. The molecule has 0 bridgehead atoms. The fraction of sp³-hybridized carbons (Fsp3) is 0.143. The lowest BCUT2D eigenvalue weighted by Crippen LogP contribution is -2.42. The SMILES string of the molecule is OC(c1cccs1)(c1c[nH]c2ccccc12)C(F)(F)F. The average Bonchev–Trinajstić information content (AvgIpc) is 3.06. The predicted octanol–water partition coefficient (Wildman–Crippen LogP) is 4.03. The molecule has 0 aliphatic rings. The fourth-order valence-corrected chi connectivity index (χ4v) is 3.14. The highest BCUT2D eigenvalue weighted by atomic mass is 32.1. The molecule has 20 heavy (non-hydrogen) atoms. The average molecular weight is 297 g/mol. The molecule has 0 aliphatic heterocycles. The van der Waals surface area contributed by atoms with E-state index < -0.39 is 11.8 Å². The van der Waals surface area contributed by atoms with Gasteiger partial charge in [-0.3, -0.25) is 0 Å².